The van der Waals surface area contributed by atoms with Crippen LogP contribution in [0.2, 0.25) is 0 Å². The molecule has 1 aliphatic carbocycles. The highest BCUT2D eigenvalue weighted by Crippen LogP contribution is 2.33. The number of hydrogen-bond acceptors (Lipinski definition) is 4. The number of benzene rings is 1. The van der Waals surface area contributed by atoms with E-state index in [1.807, 2.05) is 6.07 Å². The summed E-state index contributed by atoms with van der Waals surface area (Å²) in [6.07, 6.45) is 3.71. The van der Waals surface area contributed by atoms with Crippen molar-refractivity contribution < 1.29 is 14.6 Å². The third kappa shape index (κ3) is 2.96. The summed E-state index contributed by atoms with van der Waals surface area (Å²) in [6, 6.07) is 6.52. The molecule has 4 heteroatoms. The number of rotatable bonds is 4. The van der Waals surface area contributed by atoms with Crippen LogP contribution in [0.5, 0.6) is 0 Å². The molecule has 0 aliphatic heterocycles. The van der Waals surface area contributed by atoms with Crippen LogP contribution in [-0.4, -0.2) is 24.3 Å². The van der Waals surface area contributed by atoms with Gasteiger partial charge in [-0.2, -0.15) is 0 Å². The first-order valence-corrected chi connectivity index (χ1v) is 6.76. The van der Waals surface area contributed by atoms with E-state index < -0.39 is 18.1 Å². The average molecular weight is 263 g/mol. The molecule has 1 aliphatic rings. The Hall–Kier alpha value is -1.39. The van der Waals surface area contributed by atoms with Gasteiger partial charge in [-0.25, -0.2) is 4.79 Å². The summed E-state index contributed by atoms with van der Waals surface area (Å²) >= 11 is 0. The summed E-state index contributed by atoms with van der Waals surface area (Å²) in [5.74, 6) is -0.176. The van der Waals surface area contributed by atoms with Gasteiger partial charge in [0.2, 0.25) is 0 Å². The zero-order valence-corrected chi connectivity index (χ0v) is 11.2. The van der Waals surface area contributed by atoms with E-state index in [0.717, 1.165) is 25.7 Å². The first-order chi connectivity index (χ1) is 9.15. The molecule has 0 saturated heterocycles. The molecule has 3 N–H and O–H groups in total. The molecule has 19 heavy (non-hydrogen) atoms. The monoisotopic (exact) mass is 263 g/mol. The number of nitrogens with two attached hydrogens (primary N) is 1. The van der Waals surface area contributed by atoms with Gasteiger partial charge < -0.3 is 15.6 Å². The Morgan fingerprint density at radius 2 is 2.00 bits per heavy atom. The molecule has 104 valence electrons. The van der Waals surface area contributed by atoms with Crippen LogP contribution < -0.4 is 5.73 Å². The van der Waals surface area contributed by atoms with Crippen molar-refractivity contribution in [3.63, 3.8) is 0 Å². The molecule has 1 fully saturated rings. The third-order valence-electron chi connectivity index (χ3n) is 3.98. The van der Waals surface area contributed by atoms with Gasteiger partial charge in [-0.1, -0.05) is 31.0 Å². The van der Waals surface area contributed by atoms with E-state index in [0.29, 0.717) is 11.1 Å². The van der Waals surface area contributed by atoms with Crippen molar-refractivity contribution in [1.29, 1.82) is 0 Å². The zero-order chi connectivity index (χ0) is 13.8. The van der Waals surface area contributed by atoms with Crippen molar-refractivity contribution in [1.82, 2.24) is 0 Å². The summed E-state index contributed by atoms with van der Waals surface area (Å²) in [5.41, 5.74) is 7.25. The number of methoxy groups -OCH3 is 1. The van der Waals surface area contributed by atoms with Gasteiger partial charge in [0.1, 0.15) is 0 Å². The molecule has 1 aromatic rings. The quantitative estimate of drug-likeness (QED) is 0.815. The summed E-state index contributed by atoms with van der Waals surface area (Å²) < 4.78 is 4.76. The second-order valence-corrected chi connectivity index (χ2v) is 5.14. The van der Waals surface area contributed by atoms with E-state index in [1.54, 1.807) is 18.2 Å². The largest absolute Gasteiger partial charge is 0.465 e. The van der Waals surface area contributed by atoms with Gasteiger partial charge in [0.15, 0.2) is 0 Å². The van der Waals surface area contributed by atoms with Gasteiger partial charge in [0.05, 0.1) is 24.8 Å². The number of carbonyl (C=O) groups excluding carboxylic acids is 1. The van der Waals surface area contributed by atoms with Gasteiger partial charge in [-0.05, 0) is 30.4 Å². The lowest BCUT2D eigenvalue weighted by Crippen LogP contribution is -2.33. The van der Waals surface area contributed by atoms with E-state index in [9.17, 15) is 9.90 Å². The van der Waals surface area contributed by atoms with Crippen molar-refractivity contribution in [2.45, 2.75) is 37.8 Å². The van der Waals surface area contributed by atoms with Crippen molar-refractivity contribution in [2.75, 3.05) is 7.11 Å². The van der Waals surface area contributed by atoms with Crippen molar-refractivity contribution >= 4 is 5.97 Å². The summed E-state index contributed by atoms with van der Waals surface area (Å²) in [6.45, 7) is 0. The fourth-order valence-corrected chi connectivity index (χ4v) is 2.86. The highest BCUT2D eigenvalue weighted by atomic mass is 16.5. The summed E-state index contributed by atoms with van der Waals surface area (Å²) in [7, 11) is 1.35. The normalized spacial score (nSPS) is 19.1. The van der Waals surface area contributed by atoms with Crippen LogP contribution in [0.25, 0.3) is 0 Å². The van der Waals surface area contributed by atoms with Crippen LogP contribution in [0.15, 0.2) is 24.3 Å². The SMILES string of the molecule is COC(=O)c1ccccc1[C@H](N)[C@H](O)C1CCCC1. The molecule has 2 rings (SSSR count). The van der Waals surface area contributed by atoms with Crippen LogP contribution in [0.1, 0.15) is 47.6 Å². The van der Waals surface area contributed by atoms with E-state index >= 15 is 0 Å². The van der Waals surface area contributed by atoms with Gasteiger partial charge >= 0.3 is 5.97 Å². The molecule has 2 atom stereocenters. The molecule has 0 aromatic heterocycles. The topological polar surface area (TPSA) is 72.5 Å². The van der Waals surface area contributed by atoms with Crippen LogP contribution >= 0.6 is 0 Å². The van der Waals surface area contributed by atoms with Crippen LogP contribution in [0.3, 0.4) is 0 Å². The Morgan fingerprint density at radius 3 is 2.63 bits per heavy atom. The number of ether oxygens (including phenoxy) is 1. The second-order valence-electron chi connectivity index (χ2n) is 5.14. The van der Waals surface area contributed by atoms with Crippen molar-refractivity contribution in [2.24, 2.45) is 11.7 Å². The summed E-state index contributed by atoms with van der Waals surface area (Å²) in [5, 5.41) is 10.4. The first-order valence-electron chi connectivity index (χ1n) is 6.76. The predicted molar refractivity (Wildman–Crippen MR) is 72.7 cm³/mol. The average Bonchev–Trinajstić information content (AvgIpc) is 2.99. The number of aliphatic hydroxyl groups is 1. The standard InChI is InChI=1S/C15H21NO3/c1-19-15(18)12-9-5-4-8-11(12)13(16)14(17)10-6-2-3-7-10/h4-5,8-10,13-14,17H,2-3,6-7,16H2,1H3/t13-,14+/m0/s1. The Bertz CT molecular complexity index is 441. The van der Waals surface area contributed by atoms with Crippen molar-refractivity contribution in [3.05, 3.63) is 35.4 Å². The second kappa shape index (κ2) is 6.17. The molecule has 0 unspecified atom stereocenters. The van der Waals surface area contributed by atoms with E-state index in [-0.39, 0.29) is 5.92 Å². The molecule has 0 bridgehead atoms. The molecule has 0 amide bonds. The molecule has 0 spiro atoms. The zero-order valence-electron chi connectivity index (χ0n) is 11.2. The highest BCUT2D eigenvalue weighted by molar-refractivity contribution is 5.91. The number of esters is 1. The first kappa shape index (κ1) is 14.0. The van der Waals surface area contributed by atoms with Crippen LogP contribution in [-0.2, 0) is 4.74 Å². The third-order valence-corrected chi connectivity index (χ3v) is 3.98. The lowest BCUT2D eigenvalue weighted by atomic mass is 9.89. The number of aliphatic hydroxyl groups excluding tert-OH is 1. The maximum atomic E-state index is 11.7. The van der Waals surface area contributed by atoms with Crippen LogP contribution in [0, 0.1) is 5.92 Å². The molecule has 0 heterocycles. The molecule has 0 radical (unpaired) electrons. The minimum Gasteiger partial charge on any atom is -0.465 e. The molecule has 4 nitrogen and oxygen atoms in total. The minimum absolute atomic E-state index is 0.237. The van der Waals surface area contributed by atoms with Gasteiger partial charge in [0.25, 0.3) is 0 Å². The lowest BCUT2D eigenvalue weighted by molar-refractivity contribution is 0.0591. The fourth-order valence-electron chi connectivity index (χ4n) is 2.86. The number of hydrogen-bond donors (Lipinski definition) is 2. The Morgan fingerprint density at radius 1 is 1.37 bits per heavy atom. The molecular formula is C15H21NO3. The van der Waals surface area contributed by atoms with E-state index in [4.69, 9.17) is 10.5 Å². The molecule has 1 saturated carbocycles. The van der Waals surface area contributed by atoms with Gasteiger partial charge in [-0.3, -0.25) is 0 Å². The number of carbonyl (C=O) groups is 1. The minimum atomic E-state index is -0.603. The maximum absolute atomic E-state index is 11.7. The highest BCUT2D eigenvalue weighted by Gasteiger charge is 2.30. The van der Waals surface area contributed by atoms with Crippen LogP contribution in [0.4, 0.5) is 0 Å². The van der Waals surface area contributed by atoms with Gasteiger partial charge in [-0.15, -0.1) is 0 Å². The fraction of sp³-hybridized carbons (Fsp3) is 0.533. The Kier molecular flexibility index (Phi) is 4.56. The maximum Gasteiger partial charge on any atom is 0.338 e. The smallest absolute Gasteiger partial charge is 0.338 e. The van der Waals surface area contributed by atoms with E-state index in [2.05, 4.69) is 0 Å². The van der Waals surface area contributed by atoms with E-state index in [1.165, 1.54) is 7.11 Å². The lowest BCUT2D eigenvalue weighted by Gasteiger charge is -2.25. The van der Waals surface area contributed by atoms with Crippen molar-refractivity contribution in [3.8, 4) is 0 Å². The predicted octanol–water partition coefficient (Wildman–Crippen LogP) is 2.02. The summed E-state index contributed by atoms with van der Waals surface area (Å²) in [4.78, 5) is 11.7. The Labute approximate surface area is 113 Å². The molecular weight excluding hydrogens is 242 g/mol. The van der Waals surface area contributed by atoms with Gasteiger partial charge in [0, 0.05) is 0 Å². The molecule has 1 aromatic carbocycles. The Balaban J connectivity index is 2.22.